The van der Waals surface area contributed by atoms with Gasteiger partial charge in [0.15, 0.2) is 5.82 Å². The summed E-state index contributed by atoms with van der Waals surface area (Å²) in [7, 11) is 0. The highest BCUT2D eigenvalue weighted by Gasteiger charge is 2.09. The van der Waals surface area contributed by atoms with Crippen molar-refractivity contribution in [3.8, 4) is 17.5 Å². The van der Waals surface area contributed by atoms with Gasteiger partial charge in [-0.2, -0.15) is 5.26 Å². The predicted octanol–water partition coefficient (Wildman–Crippen LogP) is 2.31. The Kier molecular flexibility index (Phi) is 3.01. The number of allylic oxidation sites excluding steroid dienone is 1. The summed E-state index contributed by atoms with van der Waals surface area (Å²) in [6.07, 6.45) is 1.80. The molecular weight excluding hydrogens is 212 g/mol. The molecule has 2 rings (SSSR count). The SMILES string of the molecule is C=CCn1c(C)nnc1-c1cccc(C#N)c1. The monoisotopic (exact) mass is 224 g/mol. The Labute approximate surface area is 99.8 Å². The Bertz CT molecular complexity index is 590. The normalized spacial score (nSPS) is 9.88. The van der Waals surface area contributed by atoms with Crippen molar-refractivity contribution < 1.29 is 0 Å². The minimum Gasteiger partial charge on any atom is -0.307 e. The zero-order valence-electron chi connectivity index (χ0n) is 9.59. The number of nitriles is 1. The maximum absolute atomic E-state index is 8.88. The lowest BCUT2D eigenvalue weighted by molar-refractivity contribution is 0.789. The highest BCUT2D eigenvalue weighted by atomic mass is 15.3. The summed E-state index contributed by atoms with van der Waals surface area (Å²) in [4.78, 5) is 0. The first-order valence-electron chi connectivity index (χ1n) is 5.27. The van der Waals surface area contributed by atoms with Gasteiger partial charge in [0.25, 0.3) is 0 Å². The Morgan fingerprint density at radius 1 is 1.47 bits per heavy atom. The van der Waals surface area contributed by atoms with Crippen LogP contribution in [0.5, 0.6) is 0 Å². The van der Waals surface area contributed by atoms with Crippen molar-refractivity contribution in [2.24, 2.45) is 0 Å². The molecule has 0 saturated heterocycles. The number of rotatable bonds is 3. The lowest BCUT2D eigenvalue weighted by Gasteiger charge is -2.05. The minimum atomic E-state index is 0.619. The van der Waals surface area contributed by atoms with Crippen LogP contribution in [0, 0.1) is 18.3 Å². The molecule has 1 aromatic heterocycles. The van der Waals surface area contributed by atoms with Crippen LogP contribution in [-0.4, -0.2) is 14.8 Å². The quantitative estimate of drug-likeness (QED) is 0.752. The van der Waals surface area contributed by atoms with E-state index in [0.717, 1.165) is 17.2 Å². The van der Waals surface area contributed by atoms with Crippen LogP contribution in [0.15, 0.2) is 36.9 Å². The molecule has 0 bridgehead atoms. The minimum absolute atomic E-state index is 0.619. The first-order valence-corrected chi connectivity index (χ1v) is 5.27. The van der Waals surface area contributed by atoms with Crippen LogP contribution in [-0.2, 0) is 6.54 Å². The van der Waals surface area contributed by atoms with Crippen molar-refractivity contribution in [1.29, 1.82) is 5.26 Å². The second kappa shape index (κ2) is 4.62. The van der Waals surface area contributed by atoms with Gasteiger partial charge in [-0.3, -0.25) is 0 Å². The fourth-order valence-corrected chi connectivity index (χ4v) is 1.67. The molecule has 4 heteroatoms. The fraction of sp³-hybridized carbons (Fsp3) is 0.154. The summed E-state index contributed by atoms with van der Waals surface area (Å²) in [6.45, 7) is 6.27. The van der Waals surface area contributed by atoms with Crippen LogP contribution in [0.25, 0.3) is 11.4 Å². The largest absolute Gasteiger partial charge is 0.307 e. The summed E-state index contributed by atoms with van der Waals surface area (Å²) in [5, 5.41) is 17.1. The third-order valence-electron chi connectivity index (χ3n) is 2.50. The number of aromatic nitrogens is 3. The van der Waals surface area contributed by atoms with Crippen LogP contribution in [0.3, 0.4) is 0 Å². The Balaban J connectivity index is 2.52. The van der Waals surface area contributed by atoms with E-state index < -0.39 is 0 Å². The topological polar surface area (TPSA) is 54.5 Å². The summed E-state index contributed by atoms with van der Waals surface area (Å²) in [5.74, 6) is 1.60. The van der Waals surface area contributed by atoms with Gasteiger partial charge in [-0.25, -0.2) is 0 Å². The van der Waals surface area contributed by atoms with E-state index in [1.54, 1.807) is 12.1 Å². The molecule has 84 valence electrons. The lowest BCUT2D eigenvalue weighted by Crippen LogP contribution is -2.00. The standard InChI is InChI=1S/C13H12N4/c1-3-7-17-10(2)15-16-13(17)12-6-4-5-11(8-12)9-14/h3-6,8H,1,7H2,2H3. The van der Waals surface area contributed by atoms with Crippen molar-refractivity contribution in [2.45, 2.75) is 13.5 Å². The molecule has 0 amide bonds. The molecule has 0 spiro atoms. The van der Waals surface area contributed by atoms with E-state index in [-0.39, 0.29) is 0 Å². The van der Waals surface area contributed by atoms with Gasteiger partial charge < -0.3 is 4.57 Å². The molecule has 4 nitrogen and oxygen atoms in total. The smallest absolute Gasteiger partial charge is 0.164 e. The summed E-state index contributed by atoms with van der Waals surface area (Å²) < 4.78 is 1.96. The zero-order chi connectivity index (χ0) is 12.3. The van der Waals surface area contributed by atoms with E-state index in [9.17, 15) is 0 Å². The van der Waals surface area contributed by atoms with E-state index in [1.165, 1.54) is 0 Å². The number of hydrogen-bond acceptors (Lipinski definition) is 3. The molecule has 0 aliphatic heterocycles. The molecule has 0 radical (unpaired) electrons. The molecule has 0 aliphatic carbocycles. The Hall–Kier alpha value is -2.41. The van der Waals surface area contributed by atoms with Gasteiger partial charge in [0.1, 0.15) is 5.82 Å². The maximum atomic E-state index is 8.88. The maximum Gasteiger partial charge on any atom is 0.164 e. The van der Waals surface area contributed by atoms with Gasteiger partial charge in [-0.05, 0) is 19.1 Å². The molecule has 17 heavy (non-hydrogen) atoms. The third-order valence-corrected chi connectivity index (χ3v) is 2.50. The molecule has 0 unspecified atom stereocenters. The van der Waals surface area contributed by atoms with Crippen molar-refractivity contribution in [3.63, 3.8) is 0 Å². The first kappa shape index (κ1) is 11.1. The number of nitrogens with zero attached hydrogens (tertiary/aromatic N) is 4. The molecular formula is C13H12N4. The molecule has 0 atom stereocenters. The summed E-state index contributed by atoms with van der Waals surface area (Å²) in [5.41, 5.74) is 1.51. The third kappa shape index (κ3) is 2.08. The van der Waals surface area contributed by atoms with Gasteiger partial charge in [0, 0.05) is 12.1 Å². The van der Waals surface area contributed by atoms with Gasteiger partial charge in [0.2, 0.25) is 0 Å². The fourth-order valence-electron chi connectivity index (χ4n) is 1.67. The molecule has 0 aliphatic rings. The first-order chi connectivity index (χ1) is 8.26. The van der Waals surface area contributed by atoms with Crippen LogP contribution < -0.4 is 0 Å². The molecule has 0 saturated carbocycles. The predicted molar refractivity (Wildman–Crippen MR) is 65.1 cm³/mol. The van der Waals surface area contributed by atoms with E-state index >= 15 is 0 Å². The van der Waals surface area contributed by atoms with Crippen LogP contribution >= 0.6 is 0 Å². The zero-order valence-corrected chi connectivity index (χ0v) is 9.59. The van der Waals surface area contributed by atoms with Gasteiger partial charge in [0.05, 0.1) is 11.6 Å². The van der Waals surface area contributed by atoms with E-state index in [4.69, 9.17) is 5.26 Å². The number of hydrogen-bond donors (Lipinski definition) is 0. The average Bonchev–Trinajstić information content (AvgIpc) is 2.72. The lowest BCUT2D eigenvalue weighted by atomic mass is 10.1. The van der Waals surface area contributed by atoms with Crippen LogP contribution in [0.4, 0.5) is 0 Å². The highest BCUT2D eigenvalue weighted by molar-refractivity contribution is 5.58. The molecule has 1 heterocycles. The van der Waals surface area contributed by atoms with Crippen molar-refractivity contribution in [3.05, 3.63) is 48.3 Å². The number of aryl methyl sites for hydroxylation is 1. The van der Waals surface area contributed by atoms with Crippen molar-refractivity contribution in [1.82, 2.24) is 14.8 Å². The van der Waals surface area contributed by atoms with Crippen molar-refractivity contribution >= 4 is 0 Å². The Morgan fingerprint density at radius 2 is 2.29 bits per heavy atom. The van der Waals surface area contributed by atoms with E-state index in [1.807, 2.05) is 29.7 Å². The summed E-state index contributed by atoms with van der Waals surface area (Å²) >= 11 is 0. The van der Waals surface area contributed by atoms with Crippen LogP contribution in [0.1, 0.15) is 11.4 Å². The Morgan fingerprint density at radius 3 is 3.00 bits per heavy atom. The second-order valence-electron chi connectivity index (χ2n) is 3.66. The van der Waals surface area contributed by atoms with Crippen LogP contribution in [0.2, 0.25) is 0 Å². The molecule has 0 N–H and O–H groups in total. The van der Waals surface area contributed by atoms with Gasteiger partial charge in [-0.15, -0.1) is 16.8 Å². The van der Waals surface area contributed by atoms with E-state index in [2.05, 4.69) is 22.8 Å². The average molecular weight is 224 g/mol. The molecule has 1 aromatic carbocycles. The highest BCUT2D eigenvalue weighted by Crippen LogP contribution is 2.19. The molecule has 2 aromatic rings. The van der Waals surface area contributed by atoms with Gasteiger partial charge in [-0.1, -0.05) is 18.2 Å². The molecule has 0 fully saturated rings. The summed E-state index contributed by atoms with van der Waals surface area (Å²) in [6, 6.07) is 9.46. The van der Waals surface area contributed by atoms with E-state index in [0.29, 0.717) is 12.1 Å². The second-order valence-corrected chi connectivity index (χ2v) is 3.66. The van der Waals surface area contributed by atoms with Crippen molar-refractivity contribution in [2.75, 3.05) is 0 Å². The van der Waals surface area contributed by atoms with Gasteiger partial charge >= 0.3 is 0 Å². The number of benzene rings is 1.